The van der Waals surface area contributed by atoms with Crippen LogP contribution in [0, 0.1) is 20.2 Å². The molecule has 8 heteroatoms. The van der Waals surface area contributed by atoms with E-state index in [4.69, 9.17) is 11.6 Å². The van der Waals surface area contributed by atoms with E-state index in [1.807, 2.05) is 0 Å². The minimum absolute atomic E-state index is 0.00323. The second kappa shape index (κ2) is 7.24. The van der Waals surface area contributed by atoms with Gasteiger partial charge in [-0.15, -0.1) is 23.4 Å². The Balaban J connectivity index is 2.00. The summed E-state index contributed by atoms with van der Waals surface area (Å²) in [5, 5.41) is 20.9. The first-order valence-electron chi connectivity index (χ1n) is 6.23. The van der Waals surface area contributed by atoms with E-state index < -0.39 is 9.85 Å². The smallest absolute Gasteiger partial charge is 0.258 e. The first-order chi connectivity index (χ1) is 10.5. The van der Waals surface area contributed by atoms with Crippen molar-refractivity contribution >= 4 is 34.7 Å². The fourth-order valence-electron chi connectivity index (χ4n) is 1.76. The Morgan fingerprint density at radius 1 is 1.00 bits per heavy atom. The van der Waals surface area contributed by atoms with Gasteiger partial charge >= 0.3 is 0 Å². The molecule has 0 bridgehead atoms. The second-order valence-electron chi connectivity index (χ2n) is 4.38. The number of nitrogens with zero attached hydrogens (tertiary/aromatic N) is 2. The van der Waals surface area contributed by atoms with Gasteiger partial charge in [-0.2, -0.15) is 0 Å². The number of thioether (sulfide) groups is 1. The van der Waals surface area contributed by atoms with Gasteiger partial charge in [-0.25, -0.2) is 0 Å². The van der Waals surface area contributed by atoms with Gasteiger partial charge in [0.1, 0.15) is 0 Å². The monoisotopic (exact) mass is 338 g/mol. The van der Waals surface area contributed by atoms with E-state index in [-0.39, 0.29) is 16.8 Å². The SMILES string of the molecule is O=[N+]([O-])c1ccc(SCC(Cl)c2cccc([N+](=O)[O-])c2)cc1. The van der Waals surface area contributed by atoms with Crippen LogP contribution in [0.5, 0.6) is 0 Å². The Kier molecular flexibility index (Phi) is 5.35. The molecule has 0 aliphatic rings. The maximum absolute atomic E-state index is 10.7. The highest BCUT2D eigenvalue weighted by atomic mass is 35.5. The molecule has 0 aliphatic carbocycles. The van der Waals surface area contributed by atoms with Gasteiger partial charge in [-0.1, -0.05) is 12.1 Å². The van der Waals surface area contributed by atoms with Crippen LogP contribution >= 0.6 is 23.4 Å². The normalized spacial score (nSPS) is 11.9. The van der Waals surface area contributed by atoms with Crippen molar-refractivity contribution in [1.29, 1.82) is 0 Å². The van der Waals surface area contributed by atoms with Crippen LogP contribution < -0.4 is 0 Å². The molecule has 2 rings (SSSR count). The molecule has 0 saturated heterocycles. The molecule has 0 fully saturated rings. The predicted molar refractivity (Wildman–Crippen MR) is 85.5 cm³/mol. The minimum Gasteiger partial charge on any atom is -0.258 e. The van der Waals surface area contributed by atoms with Crippen molar-refractivity contribution in [3.05, 3.63) is 74.3 Å². The van der Waals surface area contributed by atoms with Gasteiger partial charge in [0.15, 0.2) is 0 Å². The maximum Gasteiger partial charge on any atom is 0.269 e. The van der Waals surface area contributed by atoms with E-state index in [0.29, 0.717) is 11.3 Å². The van der Waals surface area contributed by atoms with E-state index in [1.54, 1.807) is 24.3 Å². The number of benzene rings is 2. The van der Waals surface area contributed by atoms with Gasteiger partial charge in [-0.05, 0) is 17.7 Å². The van der Waals surface area contributed by atoms with Crippen molar-refractivity contribution in [2.45, 2.75) is 10.3 Å². The van der Waals surface area contributed by atoms with E-state index in [0.717, 1.165) is 4.90 Å². The Hall–Kier alpha value is -2.12. The quantitative estimate of drug-likeness (QED) is 0.333. The fourth-order valence-corrected chi connectivity index (χ4v) is 2.95. The fraction of sp³-hybridized carbons (Fsp3) is 0.143. The third kappa shape index (κ3) is 4.19. The lowest BCUT2D eigenvalue weighted by Gasteiger charge is -2.09. The molecule has 6 nitrogen and oxygen atoms in total. The first kappa shape index (κ1) is 16.3. The molecule has 2 aromatic carbocycles. The van der Waals surface area contributed by atoms with Crippen molar-refractivity contribution in [3.8, 4) is 0 Å². The molecule has 0 amide bonds. The summed E-state index contributed by atoms with van der Waals surface area (Å²) in [7, 11) is 0. The Bertz CT molecular complexity index is 693. The lowest BCUT2D eigenvalue weighted by atomic mass is 10.1. The molecule has 114 valence electrons. The van der Waals surface area contributed by atoms with Crippen molar-refractivity contribution in [3.63, 3.8) is 0 Å². The van der Waals surface area contributed by atoms with Crippen LogP contribution in [0.15, 0.2) is 53.4 Å². The predicted octanol–water partition coefficient (Wildman–Crippen LogP) is 4.58. The molecule has 1 unspecified atom stereocenters. The zero-order valence-corrected chi connectivity index (χ0v) is 12.8. The molecule has 1 atom stereocenters. The molecule has 0 heterocycles. The highest BCUT2D eigenvalue weighted by Gasteiger charge is 2.13. The molecule has 22 heavy (non-hydrogen) atoms. The Labute approximate surface area is 135 Å². The van der Waals surface area contributed by atoms with Gasteiger partial charge in [0.05, 0.1) is 15.2 Å². The van der Waals surface area contributed by atoms with Gasteiger partial charge < -0.3 is 0 Å². The van der Waals surface area contributed by atoms with Crippen LogP contribution in [0.1, 0.15) is 10.9 Å². The van der Waals surface area contributed by atoms with Crippen LogP contribution in [-0.2, 0) is 0 Å². The summed E-state index contributed by atoms with van der Waals surface area (Å²) in [4.78, 5) is 21.2. The molecule has 0 aliphatic heterocycles. The molecular formula is C14H11ClN2O4S. The summed E-state index contributed by atoms with van der Waals surface area (Å²) >= 11 is 7.70. The molecule has 0 radical (unpaired) electrons. The highest BCUT2D eigenvalue weighted by molar-refractivity contribution is 7.99. The van der Waals surface area contributed by atoms with Gasteiger partial charge in [-0.3, -0.25) is 20.2 Å². The zero-order chi connectivity index (χ0) is 16.1. The molecular weight excluding hydrogens is 328 g/mol. The van der Waals surface area contributed by atoms with Crippen molar-refractivity contribution in [2.75, 3.05) is 5.75 Å². The number of non-ortho nitro benzene ring substituents is 2. The molecule has 0 N–H and O–H groups in total. The number of rotatable bonds is 6. The summed E-state index contributed by atoms with van der Waals surface area (Å²) in [6.45, 7) is 0. The summed E-state index contributed by atoms with van der Waals surface area (Å²) in [5.74, 6) is 0.501. The third-order valence-corrected chi connectivity index (χ3v) is 4.58. The van der Waals surface area contributed by atoms with Gasteiger partial charge in [0.25, 0.3) is 11.4 Å². The van der Waals surface area contributed by atoms with Crippen molar-refractivity contribution in [1.82, 2.24) is 0 Å². The van der Waals surface area contributed by atoms with Crippen LogP contribution in [0.2, 0.25) is 0 Å². The lowest BCUT2D eigenvalue weighted by Crippen LogP contribution is -1.96. The van der Waals surface area contributed by atoms with Crippen LogP contribution in [0.3, 0.4) is 0 Å². The summed E-state index contributed by atoms with van der Waals surface area (Å²) < 4.78 is 0. The number of nitro groups is 2. The number of hydrogen-bond donors (Lipinski definition) is 0. The number of alkyl halides is 1. The number of hydrogen-bond acceptors (Lipinski definition) is 5. The molecule has 0 spiro atoms. The van der Waals surface area contributed by atoms with E-state index in [9.17, 15) is 20.2 Å². The van der Waals surface area contributed by atoms with E-state index in [1.165, 1.54) is 36.0 Å². The highest BCUT2D eigenvalue weighted by Crippen LogP contribution is 2.31. The summed E-state index contributed by atoms with van der Waals surface area (Å²) in [6.07, 6.45) is 0. The molecule has 0 saturated carbocycles. The minimum atomic E-state index is -0.462. The standard InChI is InChI=1S/C14H11ClN2O4S/c15-14(10-2-1-3-12(8-10)17(20)21)9-22-13-6-4-11(5-7-13)16(18)19/h1-8,14H,9H2. The van der Waals surface area contributed by atoms with Crippen molar-refractivity contribution in [2.24, 2.45) is 0 Å². The average Bonchev–Trinajstić information content (AvgIpc) is 2.53. The van der Waals surface area contributed by atoms with Crippen molar-refractivity contribution < 1.29 is 9.85 Å². The zero-order valence-electron chi connectivity index (χ0n) is 11.2. The second-order valence-corrected chi connectivity index (χ2v) is 6.00. The van der Waals surface area contributed by atoms with Gasteiger partial charge in [0, 0.05) is 34.9 Å². The van der Waals surface area contributed by atoms with Crippen LogP contribution in [0.25, 0.3) is 0 Å². The molecule has 2 aromatic rings. The average molecular weight is 339 g/mol. The number of nitro benzene ring substituents is 2. The Morgan fingerprint density at radius 3 is 2.23 bits per heavy atom. The summed E-state index contributed by atoms with van der Waals surface area (Å²) in [5.41, 5.74) is 0.708. The third-order valence-electron chi connectivity index (χ3n) is 2.89. The molecule has 0 aromatic heterocycles. The number of halogens is 1. The van der Waals surface area contributed by atoms with Crippen LogP contribution in [0.4, 0.5) is 11.4 Å². The lowest BCUT2D eigenvalue weighted by molar-refractivity contribution is -0.385. The Morgan fingerprint density at radius 2 is 1.64 bits per heavy atom. The maximum atomic E-state index is 10.7. The first-order valence-corrected chi connectivity index (χ1v) is 7.65. The topological polar surface area (TPSA) is 86.3 Å². The van der Waals surface area contributed by atoms with E-state index >= 15 is 0 Å². The van der Waals surface area contributed by atoms with E-state index in [2.05, 4.69) is 0 Å². The summed E-state index contributed by atoms with van der Waals surface area (Å²) in [6, 6.07) is 12.4. The van der Waals surface area contributed by atoms with Gasteiger partial charge in [0.2, 0.25) is 0 Å². The largest absolute Gasteiger partial charge is 0.269 e. The van der Waals surface area contributed by atoms with Crippen LogP contribution in [-0.4, -0.2) is 15.6 Å².